The number of hydrogen-bond donors (Lipinski definition) is 0. The summed E-state index contributed by atoms with van der Waals surface area (Å²) in [5.74, 6) is 0. The summed E-state index contributed by atoms with van der Waals surface area (Å²) in [6.45, 7) is 11.2. The van der Waals surface area contributed by atoms with Gasteiger partial charge in [0.25, 0.3) is 0 Å². The van der Waals surface area contributed by atoms with Crippen LogP contribution in [-0.2, 0) is 0 Å². The van der Waals surface area contributed by atoms with Gasteiger partial charge in [0.1, 0.15) is 0 Å². The fraction of sp³-hybridized carbons (Fsp3) is 0.600. The zero-order valence-corrected chi connectivity index (χ0v) is 12.1. The zero-order chi connectivity index (χ0) is 12.9. The van der Waals surface area contributed by atoms with Gasteiger partial charge in [0.2, 0.25) is 0 Å². The van der Waals surface area contributed by atoms with Crippen LogP contribution in [0.3, 0.4) is 0 Å². The molecule has 0 unspecified atom stereocenters. The van der Waals surface area contributed by atoms with E-state index in [9.17, 15) is 0 Å². The van der Waals surface area contributed by atoms with Crippen molar-refractivity contribution in [1.29, 1.82) is 0 Å². The molecule has 0 aliphatic carbocycles. The first-order valence-corrected chi connectivity index (χ1v) is 6.72. The van der Waals surface area contributed by atoms with Crippen molar-refractivity contribution in [3.8, 4) is 0 Å². The second-order valence-electron chi connectivity index (χ2n) is 5.60. The summed E-state index contributed by atoms with van der Waals surface area (Å²) >= 11 is 0. The van der Waals surface area contributed by atoms with E-state index in [1.165, 1.54) is 24.1 Å². The summed E-state index contributed by atoms with van der Waals surface area (Å²) < 4.78 is 0. The highest BCUT2D eigenvalue weighted by Crippen LogP contribution is 2.28. The van der Waals surface area contributed by atoms with Crippen molar-refractivity contribution in [3.63, 3.8) is 0 Å². The molecule has 0 bridgehead atoms. The SMILES string of the molecule is BN1CCC(=C/C(C)(C)/C=C\CC)/C(=C/C)C1. The maximum absolute atomic E-state index is 2.45. The number of allylic oxidation sites excluding steroid dienone is 4. The Labute approximate surface area is 108 Å². The molecule has 1 nitrogen and oxygen atoms in total. The molecule has 1 rings (SSSR count). The molecule has 1 aliphatic heterocycles. The van der Waals surface area contributed by atoms with Crippen LogP contribution in [0.2, 0.25) is 0 Å². The maximum atomic E-state index is 2.45. The predicted octanol–water partition coefficient (Wildman–Crippen LogP) is 3.11. The number of piperidine rings is 1. The van der Waals surface area contributed by atoms with Crippen molar-refractivity contribution in [2.24, 2.45) is 5.41 Å². The lowest BCUT2D eigenvalue weighted by Crippen LogP contribution is -2.30. The van der Waals surface area contributed by atoms with Crippen LogP contribution >= 0.6 is 0 Å². The van der Waals surface area contributed by atoms with Gasteiger partial charge in [0, 0.05) is 12.0 Å². The molecule has 94 valence electrons. The molecule has 1 heterocycles. The molecule has 0 spiro atoms. The third kappa shape index (κ3) is 4.55. The average Bonchev–Trinajstić information content (AvgIpc) is 2.28. The lowest BCUT2D eigenvalue weighted by atomic mass is 9.85. The molecule has 0 amide bonds. The highest BCUT2D eigenvalue weighted by Gasteiger charge is 2.18. The van der Waals surface area contributed by atoms with Crippen LogP contribution < -0.4 is 0 Å². The lowest BCUT2D eigenvalue weighted by molar-refractivity contribution is 0.461. The van der Waals surface area contributed by atoms with E-state index in [-0.39, 0.29) is 5.41 Å². The largest absolute Gasteiger partial charge is 0.345 e. The van der Waals surface area contributed by atoms with Crippen LogP contribution in [0.15, 0.2) is 35.5 Å². The van der Waals surface area contributed by atoms with Crippen LogP contribution in [0.4, 0.5) is 0 Å². The fourth-order valence-electron chi connectivity index (χ4n) is 2.30. The van der Waals surface area contributed by atoms with Crippen LogP contribution in [0.5, 0.6) is 0 Å². The molecule has 0 atom stereocenters. The Balaban J connectivity index is 2.86. The first-order chi connectivity index (χ1) is 7.98. The summed E-state index contributed by atoms with van der Waals surface area (Å²) in [6, 6.07) is 0. The summed E-state index contributed by atoms with van der Waals surface area (Å²) in [5.41, 5.74) is 3.21. The van der Waals surface area contributed by atoms with Gasteiger partial charge in [-0.1, -0.05) is 45.1 Å². The van der Waals surface area contributed by atoms with E-state index in [2.05, 4.69) is 64.8 Å². The Morgan fingerprint density at radius 3 is 2.65 bits per heavy atom. The number of nitrogens with zero attached hydrogens (tertiary/aromatic N) is 1. The molecule has 1 fully saturated rings. The minimum absolute atomic E-state index is 0.176. The molecule has 0 radical (unpaired) electrons. The van der Waals surface area contributed by atoms with Crippen LogP contribution in [0.1, 0.15) is 40.5 Å². The summed E-state index contributed by atoms with van der Waals surface area (Å²) in [7, 11) is 2.20. The first kappa shape index (κ1) is 14.3. The van der Waals surface area contributed by atoms with Crippen LogP contribution in [0, 0.1) is 5.41 Å². The van der Waals surface area contributed by atoms with E-state index in [4.69, 9.17) is 0 Å². The fourth-order valence-corrected chi connectivity index (χ4v) is 2.30. The van der Waals surface area contributed by atoms with Crippen LogP contribution in [-0.4, -0.2) is 25.9 Å². The molecule has 17 heavy (non-hydrogen) atoms. The molecule has 1 saturated heterocycles. The Hall–Kier alpha value is -0.755. The third-order valence-electron chi connectivity index (χ3n) is 3.29. The summed E-state index contributed by atoms with van der Waals surface area (Å²) in [4.78, 5) is 2.39. The van der Waals surface area contributed by atoms with E-state index < -0.39 is 0 Å². The molecule has 0 aromatic carbocycles. The van der Waals surface area contributed by atoms with Gasteiger partial charge in [0.15, 0.2) is 7.98 Å². The van der Waals surface area contributed by atoms with Crippen molar-refractivity contribution in [2.75, 3.05) is 13.1 Å². The summed E-state index contributed by atoms with van der Waals surface area (Å²) in [6.07, 6.45) is 11.6. The molecule has 0 N–H and O–H groups in total. The normalized spacial score (nSPS) is 24.0. The lowest BCUT2D eigenvalue weighted by Gasteiger charge is -2.29. The van der Waals surface area contributed by atoms with Crippen molar-refractivity contribution in [1.82, 2.24) is 4.81 Å². The standard InChI is InChI=1S/C15H26BN/c1-5-7-9-15(3,4)11-14-8-10-17(16)12-13(14)6-2/h6-7,9,11H,5,8,10,12,16H2,1-4H3/b9-7-,13-6+,14-11-. The number of rotatable bonds is 3. The maximum Gasteiger partial charge on any atom is 0.185 e. The van der Waals surface area contributed by atoms with Crippen molar-refractivity contribution in [3.05, 3.63) is 35.5 Å². The Morgan fingerprint density at radius 1 is 1.35 bits per heavy atom. The van der Waals surface area contributed by atoms with Gasteiger partial charge in [-0.05, 0) is 37.5 Å². The van der Waals surface area contributed by atoms with E-state index in [1.807, 2.05) is 0 Å². The van der Waals surface area contributed by atoms with E-state index in [0.29, 0.717) is 0 Å². The minimum atomic E-state index is 0.176. The van der Waals surface area contributed by atoms with E-state index in [0.717, 1.165) is 13.0 Å². The third-order valence-corrected chi connectivity index (χ3v) is 3.29. The Bertz CT molecular complexity index is 337. The zero-order valence-electron chi connectivity index (χ0n) is 12.1. The molecular formula is C15H26BN. The Morgan fingerprint density at radius 2 is 2.06 bits per heavy atom. The van der Waals surface area contributed by atoms with Gasteiger partial charge >= 0.3 is 0 Å². The molecular weight excluding hydrogens is 205 g/mol. The highest BCUT2D eigenvalue weighted by molar-refractivity contribution is 6.04. The average molecular weight is 231 g/mol. The second kappa shape index (κ2) is 6.25. The smallest absolute Gasteiger partial charge is 0.185 e. The topological polar surface area (TPSA) is 3.24 Å². The van der Waals surface area contributed by atoms with Gasteiger partial charge in [-0.3, -0.25) is 0 Å². The quantitative estimate of drug-likeness (QED) is 0.533. The highest BCUT2D eigenvalue weighted by atomic mass is 15.0. The first-order valence-electron chi connectivity index (χ1n) is 6.72. The van der Waals surface area contributed by atoms with E-state index in [1.54, 1.807) is 0 Å². The van der Waals surface area contributed by atoms with Crippen molar-refractivity contribution < 1.29 is 0 Å². The van der Waals surface area contributed by atoms with Gasteiger partial charge in [0.05, 0.1) is 0 Å². The van der Waals surface area contributed by atoms with Gasteiger partial charge in [-0.2, -0.15) is 0 Å². The predicted molar refractivity (Wildman–Crippen MR) is 79.8 cm³/mol. The molecule has 0 saturated carbocycles. The minimum Gasteiger partial charge on any atom is -0.345 e. The molecule has 0 aromatic heterocycles. The second-order valence-corrected chi connectivity index (χ2v) is 5.60. The Kier molecular flexibility index (Phi) is 5.26. The molecule has 1 aliphatic rings. The number of hydrogen-bond acceptors (Lipinski definition) is 1. The van der Waals surface area contributed by atoms with Gasteiger partial charge in [-0.25, -0.2) is 0 Å². The van der Waals surface area contributed by atoms with Crippen molar-refractivity contribution >= 4 is 7.98 Å². The molecule has 2 heteroatoms. The van der Waals surface area contributed by atoms with Gasteiger partial charge < -0.3 is 4.81 Å². The summed E-state index contributed by atoms with van der Waals surface area (Å²) in [5, 5.41) is 0. The molecule has 0 aromatic rings. The monoisotopic (exact) mass is 231 g/mol. The van der Waals surface area contributed by atoms with E-state index >= 15 is 0 Å². The van der Waals surface area contributed by atoms with Gasteiger partial charge in [-0.15, -0.1) is 0 Å². The van der Waals surface area contributed by atoms with Crippen LogP contribution in [0.25, 0.3) is 0 Å². The van der Waals surface area contributed by atoms with Crippen molar-refractivity contribution in [2.45, 2.75) is 40.5 Å².